The predicted molar refractivity (Wildman–Crippen MR) is 261 cm³/mol. The van der Waals surface area contributed by atoms with Crippen LogP contribution in [-0.4, -0.2) is 19.6 Å². The number of aromatic hydroxyl groups is 1. The quantitative estimate of drug-likeness (QED) is 0.154. The monoisotopic (exact) mass is 1010 g/mol. The molecule has 1 N–H and O–H groups in total. The molecule has 0 aliphatic rings. The molecule has 10 rings (SSSR count). The summed E-state index contributed by atoms with van der Waals surface area (Å²) in [6.45, 7) is 4.02. The Bertz CT molecular complexity index is 3380. The van der Waals surface area contributed by atoms with Crippen molar-refractivity contribution in [2.24, 2.45) is 0 Å². The van der Waals surface area contributed by atoms with Crippen LogP contribution in [0.2, 0.25) is 0 Å². The van der Waals surface area contributed by atoms with E-state index in [4.69, 9.17) is 14.1 Å². The van der Waals surface area contributed by atoms with Crippen LogP contribution < -0.4 is 0 Å². The number of benzene rings is 8. The molecule has 8 aromatic carbocycles. The summed E-state index contributed by atoms with van der Waals surface area (Å²) < 4.78 is 28.9. The minimum Gasteiger partial charge on any atom is -0.507 e. The summed E-state index contributed by atoms with van der Waals surface area (Å²) in [5.41, 5.74) is 14.3. The SMILES string of the molecule is [2H]C([2H])([2H])c1cc(-n2c(-c3ccccc3O)nc3c(-c4[c-]c(-c5cc(-c6ccccc6)ccn5)cc(-c5ccccc5)c4)cccc32)c(-c2ccccc2)cc1-c1ccc(C(C)(C)C)cc1.[Pt]. The molecule has 0 saturated carbocycles. The second-order valence-electron chi connectivity index (χ2n) is 16.9. The number of aryl methyl sites for hydroxylation is 1. The molecule has 10 aromatic rings. The number of phenols is 1. The number of pyridine rings is 1. The number of aromatic nitrogens is 3. The van der Waals surface area contributed by atoms with E-state index in [-0.39, 0.29) is 37.8 Å². The topological polar surface area (TPSA) is 50.9 Å². The van der Waals surface area contributed by atoms with Crippen LogP contribution in [0.1, 0.15) is 36.0 Å². The number of rotatable bonds is 8. The summed E-state index contributed by atoms with van der Waals surface area (Å²) in [4.78, 5) is 10.3. The van der Waals surface area contributed by atoms with Gasteiger partial charge in [0.15, 0.2) is 0 Å². The Morgan fingerprint density at radius 3 is 1.81 bits per heavy atom. The third kappa shape index (κ3) is 8.14. The van der Waals surface area contributed by atoms with Gasteiger partial charge in [-0.1, -0.05) is 183 Å². The smallest absolute Gasteiger partial charge is 0.148 e. The van der Waals surface area contributed by atoms with E-state index in [0.29, 0.717) is 28.2 Å². The molecule has 64 heavy (non-hydrogen) atoms. The number of imidazole rings is 1. The van der Waals surface area contributed by atoms with Crippen molar-refractivity contribution in [2.45, 2.75) is 33.0 Å². The van der Waals surface area contributed by atoms with Gasteiger partial charge in [0.1, 0.15) is 11.6 Å². The molecular weight excluding hydrogens is 962 g/mol. The van der Waals surface area contributed by atoms with Gasteiger partial charge in [0.2, 0.25) is 0 Å². The van der Waals surface area contributed by atoms with Gasteiger partial charge < -0.3 is 5.11 Å². The molecule has 0 radical (unpaired) electrons. The Hall–Kier alpha value is -7.13. The van der Waals surface area contributed by atoms with Gasteiger partial charge in [-0.25, -0.2) is 4.98 Å². The van der Waals surface area contributed by atoms with Gasteiger partial charge in [0, 0.05) is 42.6 Å². The second kappa shape index (κ2) is 17.6. The number of hydrogen-bond donors (Lipinski definition) is 1. The molecule has 0 saturated heterocycles. The van der Waals surface area contributed by atoms with Crippen molar-refractivity contribution in [3.63, 3.8) is 0 Å². The summed E-state index contributed by atoms with van der Waals surface area (Å²) in [7, 11) is 0. The van der Waals surface area contributed by atoms with Crippen molar-refractivity contribution >= 4 is 11.0 Å². The molecule has 0 unspecified atom stereocenters. The maximum absolute atomic E-state index is 11.6. The number of para-hydroxylation sites is 2. The first-order valence-electron chi connectivity index (χ1n) is 22.7. The fourth-order valence-electron chi connectivity index (χ4n) is 8.45. The maximum Gasteiger partial charge on any atom is 0.148 e. The number of hydrogen-bond acceptors (Lipinski definition) is 3. The third-order valence-electron chi connectivity index (χ3n) is 11.8. The average molecular weight is 1010 g/mol. The molecule has 5 heteroatoms. The van der Waals surface area contributed by atoms with Crippen LogP contribution in [0.25, 0.3) is 95.0 Å². The number of phenolic OH excluding ortho intramolecular Hbond substituents is 1. The second-order valence-corrected chi connectivity index (χ2v) is 16.9. The molecule has 2 heterocycles. The summed E-state index contributed by atoms with van der Waals surface area (Å²) in [6, 6.07) is 67.9. The van der Waals surface area contributed by atoms with E-state index in [0.717, 1.165) is 72.4 Å². The van der Waals surface area contributed by atoms with Crippen molar-refractivity contribution in [3.8, 4) is 89.7 Å². The summed E-state index contributed by atoms with van der Waals surface area (Å²) >= 11 is 0. The van der Waals surface area contributed by atoms with Crippen LogP contribution in [0, 0.1) is 12.9 Å². The Kier molecular flexibility index (Phi) is 10.6. The minimum atomic E-state index is -2.48. The van der Waals surface area contributed by atoms with Gasteiger partial charge >= 0.3 is 0 Å². The van der Waals surface area contributed by atoms with E-state index in [2.05, 4.69) is 81.4 Å². The van der Waals surface area contributed by atoms with Crippen LogP contribution in [0.5, 0.6) is 5.75 Å². The number of fused-ring (bicyclic) bond motifs is 1. The molecular formula is C59H46N3OPt-. The van der Waals surface area contributed by atoms with Crippen molar-refractivity contribution in [1.29, 1.82) is 0 Å². The predicted octanol–water partition coefficient (Wildman–Crippen LogP) is 15.2. The van der Waals surface area contributed by atoms with Crippen molar-refractivity contribution in [3.05, 3.63) is 218 Å². The van der Waals surface area contributed by atoms with Gasteiger partial charge in [-0.3, -0.25) is 9.55 Å². The fourth-order valence-corrected chi connectivity index (χ4v) is 8.45. The maximum atomic E-state index is 11.6. The van der Waals surface area contributed by atoms with E-state index in [9.17, 15) is 5.11 Å². The molecule has 4 nitrogen and oxygen atoms in total. The van der Waals surface area contributed by atoms with Crippen LogP contribution in [0.3, 0.4) is 0 Å². The van der Waals surface area contributed by atoms with Gasteiger partial charge in [-0.15, -0.1) is 23.8 Å². The van der Waals surface area contributed by atoms with Gasteiger partial charge in [0.05, 0.1) is 22.3 Å². The fraction of sp³-hybridized carbons (Fsp3) is 0.0847. The van der Waals surface area contributed by atoms with E-state index in [1.54, 1.807) is 18.2 Å². The zero-order chi connectivity index (χ0) is 45.6. The normalized spacial score (nSPS) is 12.3. The molecule has 0 spiro atoms. The van der Waals surface area contributed by atoms with Crippen molar-refractivity contribution < 1.29 is 30.3 Å². The van der Waals surface area contributed by atoms with E-state index in [1.807, 2.05) is 132 Å². The molecule has 0 amide bonds. The Balaban J connectivity index is 0.00000562. The summed E-state index contributed by atoms with van der Waals surface area (Å²) in [5.74, 6) is 0.510. The van der Waals surface area contributed by atoms with Gasteiger partial charge in [-0.2, -0.15) is 0 Å². The first-order valence-corrected chi connectivity index (χ1v) is 21.2. The third-order valence-corrected chi connectivity index (χ3v) is 11.8. The zero-order valence-corrected chi connectivity index (χ0v) is 37.9. The van der Waals surface area contributed by atoms with Crippen molar-refractivity contribution in [1.82, 2.24) is 14.5 Å². The van der Waals surface area contributed by atoms with Crippen LogP contribution >= 0.6 is 0 Å². The van der Waals surface area contributed by atoms with Gasteiger partial charge in [-0.05, 0) is 93.2 Å². The molecule has 0 aliphatic heterocycles. The van der Waals surface area contributed by atoms with E-state index < -0.39 is 6.85 Å². The standard InChI is InChI=1S/C59H46N3O.Pt/c1-39-33-55(52(42-21-12-7-13-22-42)38-51(39)43-27-29-48(30-28-43)59(2,3)4)62-54-25-16-24-49(57(54)61-58(62)50-23-14-15-26-56(50)63)46-34-45(41-19-10-6-11-20-41)35-47(36-46)53-37-44(31-32-60-53)40-17-8-5-9-18-40;/h5-35,37-38,63H,1-4H3;/q-1;/i1D3;. The molecule has 0 aliphatic carbocycles. The van der Waals surface area contributed by atoms with Crippen LogP contribution in [0.4, 0.5) is 0 Å². The largest absolute Gasteiger partial charge is 0.507 e. The summed E-state index contributed by atoms with van der Waals surface area (Å²) in [5, 5.41) is 11.6. The zero-order valence-electron chi connectivity index (χ0n) is 38.7. The summed E-state index contributed by atoms with van der Waals surface area (Å²) in [6.07, 6.45) is 1.84. The van der Waals surface area contributed by atoms with Crippen molar-refractivity contribution in [2.75, 3.05) is 0 Å². The molecule has 0 fully saturated rings. The molecule has 0 atom stereocenters. The van der Waals surface area contributed by atoms with Crippen LogP contribution in [-0.2, 0) is 26.5 Å². The Labute approximate surface area is 394 Å². The molecule has 2 aromatic heterocycles. The van der Waals surface area contributed by atoms with Crippen LogP contribution in [0.15, 0.2) is 200 Å². The number of nitrogens with zero attached hydrogens (tertiary/aromatic N) is 3. The average Bonchev–Trinajstić information content (AvgIpc) is 3.73. The first-order chi connectivity index (χ1) is 31.9. The molecule has 0 bridgehead atoms. The molecule has 314 valence electrons. The first kappa shape index (κ1) is 38.5. The van der Waals surface area contributed by atoms with Gasteiger partial charge in [0.25, 0.3) is 0 Å². The minimum absolute atomic E-state index is 0. The Morgan fingerprint density at radius 2 is 1.14 bits per heavy atom. The Morgan fingerprint density at radius 1 is 0.531 bits per heavy atom. The van der Waals surface area contributed by atoms with E-state index >= 15 is 0 Å². The van der Waals surface area contributed by atoms with E-state index in [1.165, 1.54) is 0 Å².